The maximum Gasteiger partial charge on any atom is -0.000731 e. The third-order valence-corrected chi connectivity index (χ3v) is 6.78. The molecule has 2 aliphatic rings. The van der Waals surface area contributed by atoms with Crippen LogP contribution in [0.25, 0.3) is 27.8 Å². The normalized spacial score (nSPS) is 14.2. The summed E-state index contributed by atoms with van der Waals surface area (Å²) in [5, 5.41) is 0. The van der Waals surface area contributed by atoms with Crippen LogP contribution in [0, 0.1) is 6.07 Å². The van der Waals surface area contributed by atoms with Gasteiger partial charge in [-0.1, -0.05) is 109 Å². The Morgan fingerprint density at radius 2 is 1.24 bits per heavy atom. The van der Waals surface area contributed by atoms with Crippen LogP contribution >= 0.6 is 0 Å². The minimum Gasteiger partial charge on any atom is -0.0686 e. The second-order valence-electron chi connectivity index (χ2n) is 9.02. The highest BCUT2D eigenvalue weighted by Gasteiger charge is 2.28. The quantitative estimate of drug-likeness (QED) is 0.273. The third-order valence-electron chi connectivity index (χ3n) is 6.78. The van der Waals surface area contributed by atoms with E-state index in [1.54, 1.807) is 0 Å². The number of benzene rings is 4. The molecule has 0 atom stereocenters. The maximum absolute atomic E-state index is 3.89. The lowest BCUT2D eigenvalue weighted by Crippen LogP contribution is -1.95. The largest absolute Gasteiger partial charge is 0.0686 e. The highest BCUT2D eigenvalue weighted by atomic mass is 14.3. The number of hydrogen-bond donors (Lipinski definition) is 0. The van der Waals surface area contributed by atoms with E-state index in [-0.39, 0.29) is 0 Å². The van der Waals surface area contributed by atoms with Crippen LogP contribution in [-0.4, -0.2) is 0 Å². The fourth-order valence-corrected chi connectivity index (χ4v) is 5.32. The smallest absolute Gasteiger partial charge is 0.000731 e. The van der Waals surface area contributed by atoms with E-state index < -0.39 is 0 Å². The van der Waals surface area contributed by atoms with Crippen molar-refractivity contribution in [2.45, 2.75) is 20.3 Å². The molecular formula is C33H25. The van der Waals surface area contributed by atoms with Crippen molar-refractivity contribution in [1.82, 2.24) is 0 Å². The molecule has 0 nitrogen and oxygen atoms in total. The zero-order valence-corrected chi connectivity index (χ0v) is 19.0. The molecule has 0 amide bonds. The predicted molar refractivity (Wildman–Crippen MR) is 140 cm³/mol. The van der Waals surface area contributed by atoms with Crippen LogP contribution in [0.5, 0.6) is 0 Å². The van der Waals surface area contributed by atoms with Crippen molar-refractivity contribution in [2.75, 3.05) is 0 Å². The standard InChI is InChI=1S/C33H25/c1-22-19-23(2)30(20-22)26-17-18-28-27-15-9-10-16-29(27)33(31(28)21-26)32(24-11-5-3-6-12-24)25-13-7-4-8-14-25/h3-19H,20H2,1-2H3. The lowest BCUT2D eigenvalue weighted by Gasteiger charge is -2.16. The molecule has 0 spiro atoms. The third kappa shape index (κ3) is 3.31. The first-order chi connectivity index (χ1) is 16.2. The molecule has 1 radical (unpaired) electrons. The molecule has 0 heteroatoms. The van der Waals surface area contributed by atoms with Crippen molar-refractivity contribution < 1.29 is 0 Å². The summed E-state index contributed by atoms with van der Waals surface area (Å²) in [4.78, 5) is 0. The van der Waals surface area contributed by atoms with Crippen molar-refractivity contribution >= 4 is 16.7 Å². The molecule has 0 bridgehead atoms. The van der Waals surface area contributed by atoms with Gasteiger partial charge in [-0.05, 0) is 87.6 Å². The van der Waals surface area contributed by atoms with Gasteiger partial charge in [0.2, 0.25) is 0 Å². The molecule has 0 heterocycles. The second kappa shape index (κ2) is 7.90. The van der Waals surface area contributed by atoms with Crippen LogP contribution in [0.2, 0.25) is 0 Å². The van der Waals surface area contributed by atoms with Crippen molar-refractivity contribution in [2.24, 2.45) is 0 Å². The van der Waals surface area contributed by atoms with Gasteiger partial charge < -0.3 is 0 Å². The Morgan fingerprint density at radius 3 is 1.85 bits per heavy atom. The van der Waals surface area contributed by atoms with Gasteiger partial charge >= 0.3 is 0 Å². The monoisotopic (exact) mass is 421 g/mol. The number of fused-ring (bicyclic) bond motifs is 3. The molecule has 0 aromatic heterocycles. The van der Waals surface area contributed by atoms with E-state index in [2.05, 4.69) is 123 Å². The molecule has 4 aromatic carbocycles. The van der Waals surface area contributed by atoms with E-state index in [9.17, 15) is 0 Å². The van der Waals surface area contributed by atoms with Gasteiger partial charge in [0.25, 0.3) is 0 Å². The fraction of sp³-hybridized carbons (Fsp3) is 0.0909. The number of rotatable bonds is 3. The minimum atomic E-state index is 1.01. The lowest BCUT2D eigenvalue weighted by molar-refractivity contribution is 1.26. The van der Waals surface area contributed by atoms with Crippen LogP contribution in [-0.2, 0) is 0 Å². The van der Waals surface area contributed by atoms with E-state index in [4.69, 9.17) is 0 Å². The zero-order chi connectivity index (χ0) is 22.4. The summed E-state index contributed by atoms with van der Waals surface area (Å²) < 4.78 is 0. The summed E-state index contributed by atoms with van der Waals surface area (Å²) in [6.45, 7) is 4.44. The van der Waals surface area contributed by atoms with Gasteiger partial charge in [-0.15, -0.1) is 0 Å². The van der Waals surface area contributed by atoms with Gasteiger partial charge in [0.15, 0.2) is 0 Å². The molecule has 0 saturated heterocycles. The highest BCUT2D eigenvalue weighted by Crippen LogP contribution is 2.49. The van der Waals surface area contributed by atoms with Crippen molar-refractivity contribution in [3.63, 3.8) is 0 Å². The molecule has 6 rings (SSSR count). The van der Waals surface area contributed by atoms with Gasteiger partial charge in [-0.25, -0.2) is 0 Å². The molecule has 0 N–H and O–H groups in total. The first-order valence-corrected chi connectivity index (χ1v) is 11.6. The van der Waals surface area contributed by atoms with Crippen molar-refractivity contribution in [3.8, 4) is 11.1 Å². The first-order valence-electron chi connectivity index (χ1n) is 11.6. The summed E-state index contributed by atoms with van der Waals surface area (Å²) in [5.74, 6) is 0. The van der Waals surface area contributed by atoms with Gasteiger partial charge in [0.1, 0.15) is 0 Å². The maximum atomic E-state index is 3.89. The van der Waals surface area contributed by atoms with E-state index in [1.807, 2.05) is 0 Å². The first kappa shape index (κ1) is 19.8. The average Bonchev–Trinajstić information content (AvgIpc) is 3.37. The summed E-state index contributed by atoms with van der Waals surface area (Å²) in [6, 6.07) is 38.8. The lowest BCUT2D eigenvalue weighted by atomic mass is 9.87. The van der Waals surface area contributed by atoms with Crippen LogP contribution in [0.15, 0.2) is 114 Å². The Morgan fingerprint density at radius 1 is 0.636 bits per heavy atom. The molecule has 0 saturated carbocycles. The van der Waals surface area contributed by atoms with Crippen molar-refractivity contribution in [3.05, 3.63) is 148 Å². The summed E-state index contributed by atoms with van der Waals surface area (Å²) in [5.41, 5.74) is 15.5. The Balaban J connectivity index is 1.68. The molecule has 4 aromatic rings. The molecule has 0 aliphatic heterocycles. The van der Waals surface area contributed by atoms with Gasteiger partial charge in [-0.3, -0.25) is 0 Å². The molecule has 0 unspecified atom stereocenters. The minimum absolute atomic E-state index is 1.01. The predicted octanol–water partition coefficient (Wildman–Crippen LogP) is 8.60. The molecule has 0 fully saturated rings. The van der Waals surface area contributed by atoms with Crippen LogP contribution in [0.4, 0.5) is 0 Å². The van der Waals surface area contributed by atoms with Crippen LogP contribution < -0.4 is 0 Å². The highest BCUT2D eigenvalue weighted by molar-refractivity contribution is 6.13. The van der Waals surface area contributed by atoms with Crippen molar-refractivity contribution in [1.29, 1.82) is 0 Å². The fourth-order valence-electron chi connectivity index (χ4n) is 5.32. The average molecular weight is 422 g/mol. The van der Waals surface area contributed by atoms with E-state index in [0.29, 0.717) is 0 Å². The molecule has 2 aliphatic carbocycles. The molecular weight excluding hydrogens is 396 g/mol. The van der Waals surface area contributed by atoms with Crippen LogP contribution in [0.3, 0.4) is 0 Å². The van der Waals surface area contributed by atoms with Gasteiger partial charge in [-0.2, -0.15) is 0 Å². The summed E-state index contributed by atoms with van der Waals surface area (Å²) >= 11 is 0. The van der Waals surface area contributed by atoms with Crippen LogP contribution in [0.1, 0.15) is 48.1 Å². The van der Waals surface area contributed by atoms with Gasteiger partial charge in [0, 0.05) is 0 Å². The zero-order valence-electron chi connectivity index (χ0n) is 19.0. The topological polar surface area (TPSA) is 0 Å². The van der Waals surface area contributed by atoms with E-state index >= 15 is 0 Å². The van der Waals surface area contributed by atoms with E-state index in [0.717, 1.165) is 6.42 Å². The second-order valence-corrected chi connectivity index (χ2v) is 9.02. The number of hydrogen-bond acceptors (Lipinski definition) is 0. The summed E-state index contributed by atoms with van der Waals surface area (Å²) in [6.07, 6.45) is 3.32. The van der Waals surface area contributed by atoms with Gasteiger partial charge in [0.05, 0.1) is 0 Å². The molecule has 157 valence electrons. The Kier molecular flexibility index (Phi) is 4.73. The number of allylic oxidation sites excluding steroid dienone is 4. The SMILES string of the molecule is CC1=CC(C)=C(c2[c]c3c(cc2)-c2ccccc2C3=C(c2ccccc2)c2ccccc2)C1. The Bertz CT molecular complexity index is 1420. The summed E-state index contributed by atoms with van der Waals surface area (Å²) in [7, 11) is 0. The Hall–Kier alpha value is -3.90. The van der Waals surface area contributed by atoms with E-state index in [1.165, 1.54) is 66.8 Å². The Labute approximate surface area is 196 Å². The molecule has 33 heavy (non-hydrogen) atoms.